The van der Waals surface area contributed by atoms with E-state index in [1.54, 1.807) is 6.07 Å². The maximum Gasteiger partial charge on any atom is 0.416 e. The van der Waals surface area contributed by atoms with E-state index in [4.69, 9.17) is 4.74 Å². The van der Waals surface area contributed by atoms with Crippen molar-refractivity contribution in [2.75, 3.05) is 25.1 Å². The number of alkyl halides is 3. The molecule has 6 nitrogen and oxygen atoms in total. The Hall–Kier alpha value is -3.23. The van der Waals surface area contributed by atoms with E-state index in [-0.39, 0.29) is 11.4 Å². The van der Waals surface area contributed by atoms with Crippen molar-refractivity contribution in [1.29, 1.82) is 0 Å². The number of methoxy groups -OCH3 is 2. The lowest BCUT2D eigenvalue weighted by molar-refractivity contribution is -0.137. The molecule has 0 spiro atoms. The normalized spacial score (nSPS) is 11.3. The quantitative estimate of drug-likeness (QED) is 0.460. The largest absolute Gasteiger partial charge is 0.495 e. The van der Waals surface area contributed by atoms with E-state index in [0.717, 1.165) is 12.1 Å². The van der Waals surface area contributed by atoms with E-state index in [9.17, 15) is 18.0 Å². The second-order valence-corrected chi connectivity index (χ2v) is 4.98. The number of nitrogens with zero attached hydrogens (tertiary/aromatic N) is 1. The molecule has 0 bridgehead atoms. The van der Waals surface area contributed by atoms with Crippen molar-refractivity contribution < 1.29 is 27.4 Å². The lowest BCUT2D eigenvalue weighted by atomic mass is 10.2. The number of aromatic nitrogens is 1. The van der Waals surface area contributed by atoms with E-state index in [0.29, 0.717) is 11.3 Å². The highest BCUT2D eigenvalue weighted by atomic mass is 19.4. The van der Waals surface area contributed by atoms with Crippen LogP contribution in [0.25, 0.3) is 6.08 Å². The number of pyridine rings is 1. The molecule has 1 aromatic heterocycles. The van der Waals surface area contributed by atoms with E-state index >= 15 is 0 Å². The van der Waals surface area contributed by atoms with Crippen molar-refractivity contribution in [3.05, 3.63) is 53.9 Å². The molecule has 0 aliphatic carbocycles. The third kappa shape index (κ3) is 4.88. The molecular weight excluding hydrogens is 351 g/mol. The zero-order valence-corrected chi connectivity index (χ0v) is 13.9. The minimum absolute atomic E-state index is 0.0991. The molecule has 0 saturated carbocycles. The van der Waals surface area contributed by atoms with E-state index in [2.05, 4.69) is 20.6 Å². The van der Waals surface area contributed by atoms with Crippen LogP contribution >= 0.6 is 0 Å². The number of anilines is 2. The Morgan fingerprint density at radius 2 is 1.88 bits per heavy atom. The molecular formula is C17H16F3N3O3. The van der Waals surface area contributed by atoms with Gasteiger partial charge in [0.15, 0.2) is 0 Å². The predicted octanol–water partition coefficient (Wildman–Crippen LogP) is 3.73. The molecule has 0 radical (unpaired) electrons. The van der Waals surface area contributed by atoms with E-state index in [1.165, 1.54) is 44.8 Å². The van der Waals surface area contributed by atoms with Crippen LogP contribution in [-0.4, -0.2) is 25.2 Å². The molecule has 0 amide bonds. The number of esters is 1. The standard InChI is InChI=1S/C17H16F3N3O3/c1-25-15-5-4-12(17(18,19)20)9-14(15)23-22-13-7-8-21-10-11(13)3-6-16(24)26-2/h3-10,23H,1-2H3,(H,21,22)/b6-3+. The van der Waals surface area contributed by atoms with Crippen LogP contribution in [0.3, 0.4) is 0 Å². The fourth-order valence-electron chi connectivity index (χ4n) is 2.00. The number of nitrogens with one attached hydrogen (secondary N) is 2. The number of carbonyl (C=O) groups excluding carboxylic acids is 1. The number of hydrogen-bond acceptors (Lipinski definition) is 6. The molecule has 2 rings (SSSR count). The Balaban J connectivity index is 2.24. The van der Waals surface area contributed by atoms with Gasteiger partial charge in [-0.15, -0.1) is 0 Å². The van der Waals surface area contributed by atoms with Crippen molar-refractivity contribution in [2.45, 2.75) is 6.18 Å². The van der Waals surface area contributed by atoms with Crippen LogP contribution in [0.2, 0.25) is 0 Å². The van der Waals surface area contributed by atoms with Crippen LogP contribution in [0.15, 0.2) is 42.7 Å². The number of hydrogen-bond donors (Lipinski definition) is 2. The van der Waals surface area contributed by atoms with Crippen molar-refractivity contribution >= 4 is 23.4 Å². The number of hydrazine groups is 1. The number of rotatable bonds is 6. The lowest BCUT2D eigenvalue weighted by Crippen LogP contribution is -2.13. The maximum atomic E-state index is 12.9. The number of carbonyl (C=O) groups is 1. The van der Waals surface area contributed by atoms with E-state index in [1.807, 2.05) is 0 Å². The fourth-order valence-corrected chi connectivity index (χ4v) is 2.00. The van der Waals surface area contributed by atoms with Gasteiger partial charge in [0.25, 0.3) is 0 Å². The predicted molar refractivity (Wildman–Crippen MR) is 90.5 cm³/mol. The Kier molecular flexibility index (Phi) is 6.05. The summed E-state index contributed by atoms with van der Waals surface area (Å²) in [6.45, 7) is 0. The topological polar surface area (TPSA) is 72.5 Å². The van der Waals surface area contributed by atoms with Gasteiger partial charge in [-0.25, -0.2) is 4.79 Å². The van der Waals surface area contributed by atoms with Crippen LogP contribution in [0, 0.1) is 0 Å². The average molecular weight is 367 g/mol. The summed E-state index contributed by atoms with van der Waals surface area (Å²) in [5.74, 6) is -0.321. The van der Waals surface area contributed by atoms with Crippen LogP contribution in [0.1, 0.15) is 11.1 Å². The monoisotopic (exact) mass is 367 g/mol. The van der Waals surface area contributed by atoms with Gasteiger partial charge in [0.2, 0.25) is 0 Å². The SMILES string of the molecule is COC(=O)/C=C/c1cnccc1NNc1cc(C(F)(F)F)ccc1OC. The van der Waals surface area contributed by atoms with Crippen molar-refractivity contribution in [2.24, 2.45) is 0 Å². The van der Waals surface area contributed by atoms with Crippen molar-refractivity contribution in [3.8, 4) is 5.75 Å². The molecule has 138 valence electrons. The van der Waals surface area contributed by atoms with Gasteiger partial charge in [0.05, 0.1) is 31.2 Å². The van der Waals surface area contributed by atoms with Gasteiger partial charge in [-0.1, -0.05) is 0 Å². The zero-order chi connectivity index (χ0) is 19.2. The minimum Gasteiger partial charge on any atom is -0.495 e. The van der Waals surface area contributed by atoms with Crippen LogP contribution in [0.4, 0.5) is 24.5 Å². The smallest absolute Gasteiger partial charge is 0.416 e. The number of benzene rings is 1. The molecule has 0 saturated heterocycles. The minimum atomic E-state index is -4.48. The van der Waals surface area contributed by atoms with Gasteiger partial charge < -0.3 is 14.9 Å². The fraction of sp³-hybridized carbons (Fsp3) is 0.176. The Labute approximate surface area is 147 Å². The van der Waals surface area contributed by atoms with Crippen molar-refractivity contribution in [1.82, 2.24) is 4.98 Å². The van der Waals surface area contributed by atoms with Crippen LogP contribution in [0.5, 0.6) is 5.75 Å². The Bertz CT molecular complexity index is 807. The molecule has 9 heteroatoms. The second kappa shape index (κ2) is 8.24. The Morgan fingerprint density at radius 3 is 2.54 bits per heavy atom. The van der Waals surface area contributed by atoms with E-state index < -0.39 is 17.7 Å². The molecule has 0 fully saturated rings. The third-order valence-electron chi connectivity index (χ3n) is 3.31. The first-order valence-electron chi connectivity index (χ1n) is 7.32. The molecule has 1 heterocycles. The van der Waals surface area contributed by atoms with Crippen molar-refractivity contribution in [3.63, 3.8) is 0 Å². The first-order chi connectivity index (χ1) is 12.3. The summed E-state index contributed by atoms with van der Waals surface area (Å²) in [6.07, 6.45) is 1.16. The van der Waals surface area contributed by atoms with Crippen LogP contribution in [-0.2, 0) is 15.7 Å². The lowest BCUT2D eigenvalue weighted by Gasteiger charge is -2.16. The zero-order valence-electron chi connectivity index (χ0n) is 13.9. The highest BCUT2D eigenvalue weighted by molar-refractivity contribution is 5.88. The summed E-state index contributed by atoms with van der Waals surface area (Å²) in [6, 6.07) is 4.67. The molecule has 0 unspecified atom stereocenters. The molecule has 0 atom stereocenters. The summed E-state index contributed by atoms with van der Waals surface area (Å²) in [5.41, 5.74) is 5.76. The molecule has 0 aliphatic rings. The van der Waals surface area contributed by atoms with Crippen LogP contribution < -0.4 is 15.6 Å². The first-order valence-corrected chi connectivity index (χ1v) is 7.32. The van der Waals surface area contributed by atoms with Gasteiger partial charge in [0, 0.05) is 24.0 Å². The molecule has 1 aromatic carbocycles. The highest BCUT2D eigenvalue weighted by Gasteiger charge is 2.31. The third-order valence-corrected chi connectivity index (χ3v) is 3.31. The molecule has 2 N–H and O–H groups in total. The van der Waals surface area contributed by atoms with Gasteiger partial charge in [0.1, 0.15) is 5.75 Å². The summed E-state index contributed by atoms with van der Waals surface area (Å²) in [5, 5.41) is 0. The number of halogens is 3. The van der Waals surface area contributed by atoms with Gasteiger partial charge in [-0.3, -0.25) is 10.4 Å². The average Bonchev–Trinajstić information content (AvgIpc) is 2.63. The summed E-state index contributed by atoms with van der Waals surface area (Å²) in [4.78, 5) is 15.1. The van der Waals surface area contributed by atoms with Gasteiger partial charge >= 0.3 is 12.1 Å². The Morgan fingerprint density at radius 1 is 1.15 bits per heavy atom. The summed E-state index contributed by atoms with van der Waals surface area (Å²) < 4.78 is 48.2. The molecule has 26 heavy (non-hydrogen) atoms. The second-order valence-electron chi connectivity index (χ2n) is 4.98. The number of ether oxygens (including phenoxy) is 2. The molecule has 0 aliphatic heterocycles. The first kappa shape index (κ1) is 19.1. The van der Waals surface area contributed by atoms with Gasteiger partial charge in [-0.2, -0.15) is 13.2 Å². The summed E-state index contributed by atoms with van der Waals surface area (Å²) >= 11 is 0. The molecule has 2 aromatic rings. The maximum absolute atomic E-state index is 12.9. The highest BCUT2D eigenvalue weighted by Crippen LogP contribution is 2.35. The summed E-state index contributed by atoms with van der Waals surface area (Å²) in [7, 11) is 2.60. The van der Waals surface area contributed by atoms with Gasteiger partial charge in [-0.05, 0) is 30.3 Å².